The Hall–Kier alpha value is -1.33. The van der Waals surface area contributed by atoms with Gasteiger partial charge in [0.05, 0.1) is 0 Å². The number of nitrogens with one attached hydrogen (secondary N) is 3. The molecule has 5 N–H and O–H groups in total. The number of nitrogens with two attached hydrogens (primary N) is 1. The van der Waals surface area contributed by atoms with Gasteiger partial charge in [0.1, 0.15) is 0 Å². The van der Waals surface area contributed by atoms with Gasteiger partial charge in [0.25, 0.3) is 5.91 Å². The second kappa shape index (κ2) is 3.20. The largest absolute Gasteiger partial charge is 0.325 e. The highest BCUT2D eigenvalue weighted by Crippen LogP contribution is 2.23. The van der Waals surface area contributed by atoms with E-state index in [1.165, 1.54) is 0 Å². The molecule has 1 atom stereocenters. The van der Waals surface area contributed by atoms with Gasteiger partial charge in [-0.2, -0.15) is 0 Å². The third-order valence-electron chi connectivity index (χ3n) is 2.35. The molecule has 2 aliphatic rings. The molecule has 0 spiro atoms. The van der Waals surface area contributed by atoms with Gasteiger partial charge in [-0.25, -0.2) is 11.3 Å². The molecule has 1 aliphatic carbocycles. The van der Waals surface area contributed by atoms with Crippen molar-refractivity contribution in [1.82, 2.24) is 16.3 Å². The van der Waals surface area contributed by atoms with E-state index in [0.717, 1.165) is 18.7 Å². The first-order chi connectivity index (χ1) is 6.31. The van der Waals surface area contributed by atoms with Crippen LogP contribution in [0.5, 0.6) is 0 Å². The Morgan fingerprint density at radius 2 is 2.54 bits per heavy atom. The van der Waals surface area contributed by atoms with Gasteiger partial charge in [0.2, 0.25) is 0 Å². The molecule has 70 valence electrons. The summed E-state index contributed by atoms with van der Waals surface area (Å²) in [7, 11) is 0. The van der Waals surface area contributed by atoms with Crippen molar-refractivity contribution in [3.63, 3.8) is 0 Å². The first-order valence-electron chi connectivity index (χ1n) is 4.23. The van der Waals surface area contributed by atoms with Crippen LogP contribution in [0.1, 0.15) is 6.42 Å². The smallest absolute Gasteiger partial charge is 0.264 e. The van der Waals surface area contributed by atoms with Gasteiger partial charge in [-0.1, -0.05) is 6.08 Å². The maximum atomic E-state index is 11.2. The van der Waals surface area contributed by atoms with Gasteiger partial charge in [0, 0.05) is 23.7 Å². The molecule has 2 rings (SSSR count). The Morgan fingerprint density at radius 3 is 3.31 bits per heavy atom. The van der Waals surface area contributed by atoms with Gasteiger partial charge >= 0.3 is 0 Å². The quantitative estimate of drug-likeness (QED) is 0.235. The lowest BCUT2D eigenvalue weighted by atomic mass is 9.94. The lowest BCUT2D eigenvalue weighted by Crippen LogP contribution is -2.32. The van der Waals surface area contributed by atoms with Crippen molar-refractivity contribution in [2.45, 2.75) is 6.42 Å². The summed E-state index contributed by atoms with van der Waals surface area (Å²) < 4.78 is 0. The highest BCUT2D eigenvalue weighted by Gasteiger charge is 2.24. The number of carbonyl (C=O) groups is 1. The summed E-state index contributed by atoms with van der Waals surface area (Å²) in [5.74, 6) is 5.28. The van der Waals surface area contributed by atoms with E-state index < -0.39 is 0 Å². The van der Waals surface area contributed by atoms with Crippen LogP contribution in [0.15, 0.2) is 23.4 Å². The van der Waals surface area contributed by atoms with E-state index in [1.807, 2.05) is 12.2 Å². The van der Waals surface area contributed by atoms with Crippen molar-refractivity contribution < 1.29 is 4.79 Å². The SMILES string of the molecule is NNC(=O)C1=CCC2CNNC2=C1. The molecule has 0 aromatic rings. The molecule has 13 heavy (non-hydrogen) atoms. The average Bonchev–Trinajstić information content (AvgIpc) is 2.63. The van der Waals surface area contributed by atoms with Crippen LogP contribution in [0.2, 0.25) is 0 Å². The maximum absolute atomic E-state index is 11.2. The summed E-state index contributed by atoms with van der Waals surface area (Å²) >= 11 is 0. The fraction of sp³-hybridized carbons (Fsp3) is 0.375. The van der Waals surface area contributed by atoms with Crippen molar-refractivity contribution in [2.24, 2.45) is 11.8 Å². The molecule has 1 aliphatic heterocycles. The van der Waals surface area contributed by atoms with Gasteiger partial charge in [-0.15, -0.1) is 0 Å². The molecule has 1 heterocycles. The third-order valence-corrected chi connectivity index (χ3v) is 2.35. The molecule has 0 saturated carbocycles. The summed E-state index contributed by atoms with van der Waals surface area (Å²) in [6.45, 7) is 0.917. The molecule has 5 heteroatoms. The van der Waals surface area contributed by atoms with E-state index in [2.05, 4.69) is 16.3 Å². The average molecular weight is 180 g/mol. The second-order valence-electron chi connectivity index (χ2n) is 3.17. The molecule has 0 aromatic heterocycles. The zero-order valence-corrected chi connectivity index (χ0v) is 7.13. The minimum atomic E-state index is -0.236. The van der Waals surface area contributed by atoms with Crippen LogP contribution in [-0.4, -0.2) is 12.5 Å². The number of allylic oxidation sites excluding steroid dienone is 1. The van der Waals surface area contributed by atoms with Crippen LogP contribution in [0.25, 0.3) is 0 Å². The summed E-state index contributed by atoms with van der Waals surface area (Å²) in [4.78, 5) is 11.2. The zero-order chi connectivity index (χ0) is 9.26. The van der Waals surface area contributed by atoms with E-state index in [0.29, 0.717) is 11.5 Å². The Balaban J connectivity index is 2.16. The van der Waals surface area contributed by atoms with Crippen molar-refractivity contribution in [2.75, 3.05) is 6.54 Å². The Kier molecular flexibility index (Phi) is 2.03. The summed E-state index contributed by atoms with van der Waals surface area (Å²) in [5.41, 5.74) is 9.86. The monoisotopic (exact) mass is 180 g/mol. The van der Waals surface area contributed by atoms with Crippen molar-refractivity contribution in [1.29, 1.82) is 0 Å². The highest BCUT2D eigenvalue weighted by atomic mass is 16.2. The molecular formula is C8H12N4O. The van der Waals surface area contributed by atoms with E-state index in [-0.39, 0.29) is 5.91 Å². The minimum Gasteiger partial charge on any atom is -0.325 e. The fourth-order valence-electron chi connectivity index (χ4n) is 1.59. The van der Waals surface area contributed by atoms with E-state index in [4.69, 9.17) is 5.84 Å². The number of rotatable bonds is 1. The first-order valence-corrected chi connectivity index (χ1v) is 4.23. The molecular weight excluding hydrogens is 168 g/mol. The number of carbonyl (C=O) groups excluding carboxylic acids is 1. The third kappa shape index (κ3) is 1.43. The molecule has 5 nitrogen and oxygen atoms in total. The first kappa shape index (κ1) is 8.28. The zero-order valence-electron chi connectivity index (χ0n) is 7.13. The Bertz CT molecular complexity index is 295. The Morgan fingerprint density at radius 1 is 1.69 bits per heavy atom. The van der Waals surface area contributed by atoms with Gasteiger partial charge in [0.15, 0.2) is 0 Å². The molecule has 0 aromatic carbocycles. The van der Waals surface area contributed by atoms with Gasteiger partial charge in [-0.3, -0.25) is 10.2 Å². The van der Waals surface area contributed by atoms with E-state index >= 15 is 0 Å². The maximum Gasteiger partial charge on any atom is 0.264 e. The lowest BCUT2D eigenvalue weighted by molar-refractivity contribution is -0.117. The van der Waals surface area contributed by atoms with Crippen molar-refractivity contribution in [3.05, 3.63) is 23.4 Å². The Labute approximate surface area is 76.0 Å². The van der Waals surface area contributed by atoms with Gasteiger partial charge in [-0.05, 0) is 12.5 Å². The molecule has 1 saturated heterocycles. The number of hydrogen-bond acceptors (Lipinski definition) is 4. The summed E-state index contributed by atoms with van der Waals surface area (Å²) in [6.07, 6.45) is 4.62. The van der Waals surface area contributed by atoms with Crippen LogP contribution >= 0.6 is 0 Å². The predicted octanol–water partition coefficient (Wildman–Crippen LogP) is -1.09. The molecule has 0 bridgehead atoms. The predicted molar refractivity (Wildman–Crippen MR) is 47.7 cm³/mol. The van der Waals surface area contributed by atoms with Crippen molar-refractivity contribution in [3.8, 4) is 0 Å². The van der Waals surface area contributed by atoms with Crippen molar-refractivity contribution >= 4 is 5.91 Å². The van der Waals surface area contributed by atoms with Crippen LogP contribution in [0, 0.1) is 5.92 Å². The summed E-state index contributed by atoms with van der Waals surface area (Å²) in [6, 6.07) is 0. The summed E-state index contributed by atoms with van der Waals surface area (Å²) in [5, 5.41) is 0. The van der Waals surface area contributed by atoms with Crippen LogP contribution in [-0.2, 0) is 4.79 Å². The van der Waals surface area contributed by atoms with Gasteiger partial charge < -0.3 is 5.43 Å². The lowest BCUT2D eigenvalue weighted by Gasteiger charge is -2.14. The fourth-order valence-corrected chi connectivity index (χ4v) is 1.59. The molecule has 1 amide bonds. The molecule has 1 unspecified atom stereocenters. The highest BCUT2D eigenvalue weighted by molar-refractivity contribution is 5.96. The van der Waals surface area contributed by atoms with E-state index in [9.17, 15) is 4.79 Å². The number of amides is 1. The van der Waals surface area contributed by atoms with E-state index in [1.54, 1.807) is 0 Å². The minimum absolute atomic E-state index is 0.236. The molecule has 1 fully saturated rings. The van der Waals surface area contributed by atoms with Crippen LogP contribution < -0.4 is 22.1 Å². The van der Waals surface area contributed by atoms with Crippen LogP contribution in [0.3, 0.4) is 0 Å². The number of hydrogen-bond donors (Lipinski definition) is 4. The normalized spacial score (nSPS) is 25.5. The second-order valence-corrected chi connectivity index (χ2v) is 3.17. The molecule has 0 radical (unpaired) electrons. The standard InChI is InChI=1S/C8H12N4O/c9-11-8(13)5-1-2-6-4-10-12-7(6)3-5/h1,3,6,10,12H,2,4,9H2,(H,11,13). The van der Waals surface area contributed by atoms with Crippen LogP contribution in [0.4, 0.5) is 0 Å². The number of hydrazine groups is 2. The topological polar surface area (TPSA) is 79.2 Å². The number of fused-ring (bicyclic) bond motifs is 1.